The van der Waals surface area contributed by atoms with Gasteiger partial charge in [0.15, 0.2) is 0 Å². The summed E-state index contributed by atoms with van der Waals surface area (Å²) in [6.07, 6.45) is -0.457. The first-order chi connectivity index (χ1) is 8.38. The van der Waals surface area contributed by atoms with Crippen molar-refractivity contribution < 1.29 is 14.3 Å². The van der Waals surface area contributed by atoms with Gasteiger partial charge in [-0.15, -0.1) is 0 Å². The summed E-state index contributed by atoms with van der Waals surface area (Å²) in [5.41, 5.74) is 4.24. The molecule has 0 aromatic carbocycles. The van der Waals surface area contributed by atoms with Crippen molar-refractivity contribution in [3.05, 3.63) is 0 Å². The lowest BCUT2D eigenvalue weighted by molar-refractivity contribution is -0.120. The van der Waals surface area contributed by atoms with E-state index in [4.69, 9.17) is 10.5 Å². The molecule has 0 radical (unpaired) electrons. The molecule has 0 saturated heterocycles. The predicted molar refractivity (Wildman–Crippen MR) is 74.7 cm³/mol. The fourth-order valence-electron chi connectivity index (χ4n) is 1.45. The maximum atomic E-state index is 12.2. The Labute approximate surface area is 115 Å². The zero-order valence-corrected chi connectivity index (χ0v) is 13.0. The SMILES string of the molecule is CNC(CN(C(=O)OC(C)(C)C)C(C)(C)C)C(N)=O. The quantitative estimate of drug-likeness (QED) is 0.803. The largest absolute Gasteiger partial charge is 0.444 e. The van der Waals surface area contributed by atoms with E-state index in [0.29, 0.717) is 0 Å². The minimum absolute atomic E-state index is 0.171. The van der Waals surface area contributed by atoms with Gasteiger partial charge in [-0.05, 0) is 48.6 Å². The van der Waals surface area contributed by atoms with Crippen LogP contribution in [0.2, 0.25) is 0 Å². The zero-order chi connectivity index (χ0) is 15.4. The fourth-order valence-corrected chi connectivity index (χ4v) is 1.45. The second-order valence-corrected chi connectivity index (χ2v) is 6.51. The van der Waals surface area contributed by atoms with E-state index in [1.54, 1.807) is 27.8 Å². The van der Waals surface area contributed by atoms with Crippen molar-refractivity contribution >= 4 is 12.0 Å². The molecule has 0 fully saturated rings. The van der Waals surface area contributed by atoms with Gasteiger partial charge in [0.25, 0.3) is 0 Å². The van der Waals surface area contributed by atoms with E-state index in [0.717, 1.165) is 0 Å². The summed E-state index contributed by atoms with van der Waals surface area (Å²) < 4.78 is 5.36. The van der Waals surface area contributed by atoms with Gasteiger partial charge in [0, 0.05) is 12.1 Å². The molecule has 2 amide bonds. The standard InChI is InChI=1S/C13H27N3O3/c1-12(2,3)16(8-9(15-7)10(14)17)11(18)19-13(4,5)6/h9,15H,8H2,1-7H3,(H2,14,17). The Bertz CT molecular complexity index is 329. The van der Waals surface area contributed by atoms with Crippen LogP contribution in [0.4, 0.5) is 4.79 Å². The molecule has 0 rings (SSSR count). The Hall–Kier alpha value is -1.30. The third kappa shape index (κ3) is 6.42. The third-order valence-electron chi connectivity index (χ3n) is 2.48. The molecule has 0 aromatic heterocycles. The van der Waals surface area contributed by atoms with Gasteiger partial charge in [-0.1, -0.05) is 0 Å². The number of nitrogens with two attached hydrogens (primary N) is 1. The lowest BCUT2D eigenvalue weighted by atomic mass is 10.1. The van der Waals surface area contributed by atoms with E-state index >= 15 is 0 Å². The van der Waals surface area contributed by atoms with Gasteiger partial charge >= 0.3 is 6.09 Å². The number of carbonyl (C=O) groups excluding carboxylic acids is 2. The molecule has 0 aliphatic rings. The smallest absolute Gasteiger partial charge is 0.410 e. The van der Waals surface area contributed by atoms with Crippen LogP contribution in [0.5, 0.6) is 0 Å². The predicted octanol–water partition coefficient (Wildman–Crippen LogP) is 1.10. The molecule has 6 nitrogen and oxygen atoms in total. The fraction of sp³-hybridized carbons (Fsp3) is 0.846. The first-order valence-electron chi connectivity index (χ1n) is 6.35. The van der Waals surface area contributed by atoms with E-state index in [2.05, 4.69) is 5.32 Å². The topological polar surface area (TPSA) is 84.7 Å². The zero-order valence-electron chi connectivity index (χ0n) is 13.0. The van der Waals surface area contributed by atoms with Gasteiger partial charge in [0.1, 0.15) is 11.6 Å². The summed E-state index contributed by atoms with van der Waals surface area (Å²) in [5.74, 6) is -0.500. The highest BCUT2D eigenvalue weighted by Gasteiger charge is 2.33. The van der Waals surface area contributed by atoms with Crippen molar-refractivity contribution in [3.63, 3.8) is 0 Å². The van der Waals surface area contributed by atoms with Gasteiger partial charge in [-0.2, -0.15) is 0 Å². The van der Waals surface area contributed by atoms with Crippen molar-refractivity contribution in [1.29, 1.82) is 0 Å². The van der Waals surface area contributed by atoms with E-state index in [-0.39, 0.29) is 6.54 Å². The number of amides is 2. The highest BCUT2D eigenvalue weighted by Crippen LogP contribution is 2.18. The van der Waals surface area contributed by atoms with E-state index in [9.17, 15) is 9.59 Å². The van der Waals surface area contributed by atoms with Crippen molar-refractivity contribution in [2.24, 2.45) is 5.73 Å². The number of rotatable bonds is 4. The van der Waals surface area contributed by atoms with Crippen molar-refractivity contribution in [2.75, 3.05) is 13.6 Å². The molecule has 1 atom stereocenters. The molecule has 0 spiro atoms. The minimum atomic E-state index is -0.605. The highest BCUT2D eigenvalue weighted by atomic mass is 16.6. The molecule has 19 heavy (non-hydrogen) atoms. The van der Waals surface area contributed by atoms with Crippen molar-refractivity contribution in [2.45, 2.75) is 58.7 Å². The maximum Gasteiger partial charge on any atom is 0.410 e. The minimum Gasteiger partial charge on any atom is -0.444 e. The normalized spacial score (nSPS) is 13.8. The molecular formula is C13H27N3O3. The van der Waals surface area contributed by atoms with Gasteiger partial charge in [0.2, 0.25) is 5.91 Å². The molecule has 0 aromatic rings. The first kappa shape index (κ1) is 17.7. The van der Waals surface area contributed by atoms with E-state index in [1.807, 2.05) is 20.8 Å². The van der Waals surface area contributed by atoms with Crippen LogP contribution in [0, 0.1) is 0 Å². The van der Waals surface area contributed by atoms with Crippen LogP contribution >= 0.6 is 0 Å². The molecule has 0 aliphatic carbocycles. The number of likely N-dealkylation sites (N-methyl/N-ethyl adjacent to an activating group) is 1. The Morgan fingerprint density at radius 2 is 1.68 bits per heavy atom. The third-order valence-corrected chi connectivity index (χ3v) is 2.48. The van der Waals surface area contributed by atoms with E-state index < -0.39 is 29.2 Å². The average Bonchev–Trinajstić information content (AvgIpc) is 2.12. The molecule has 6 heteroatoms. The summed E-state index contributed by atoms with van der Waals surface area (Å²) in [5, 5.41) is 2.80. The number of carbonyl (C=O) groups is 2. The van der Waals surface area contributed by atoms with E-state index in [1.165, 1.54) is 4.90 Å². The number of hydrogen-bond acceptors (Lipinski definition) is 4. The maximum absolute atomic E-state index is 12.2. The Morgan fingerprint density at radius 1 is 1.21 bits per heavy atom. The van der Waals surface area contributed by atoms with Crippen molar-refractivity contribution in [1.82, 2.24) is 10.2 Å². The molecular weight excluding hydrogens is 246 g/mol. The number of primary amides is 1. The summed E-state index contributed by atoms with van der Waals surface area (Å²) >= 11 is 0. The van der Waals surface area contributed by atoms with Crippen LogP contribution < -0.4 is 11.1 Å². The summed E-state index contributed by atoms with van der Waals surface area (Å²) in [6.45, 7) is 11.2. The van der Waals surface area contributed by atoms with Crippen LogP contribution in [0.15, 0.2) is 0 Å². The average molecular weight is 273 g/mol. The molecule has 0 heterocycles. The first-order valence-corrected chi connectivity index (χ1v) is 6.35. The van der Waals surface area contributed by atoms with Gasteiger partial charge < -0.3 is 20.7 Å². The number of nitrogens with one attached hydrogen (secondary N) is 1. The Kier molecular flexibility index (Phi) is 5.81. The summed E-state index contributed by atoms with van der Waals surface area (Å²) in [7, 11) is 1.63. The lowest BCUT2D eigenvalue weighted by Crippen LogP contribution is -2.56. The van der Waals surface area contributed by atoms with Gasteiger partial charge in [-0.25, -0.2) is 4.79 Å². The van der Waals surface area contributed by atoms with Crippen LogP contribution in [0.1, 0.15) is 41.5 Å². The molecule has 112 valence electrons. The second kappa shape index (κ2) is 6.23. The van der Waals surface area contributed by atoms with Crippen molar-refractivity contribution in [3.8, 4) is 0 Å². The van der Waals surface area contributed by atoms with Gasteiger partial charge in [0.05, 0.1) is 0 Å². The second-order valence-electron chi connectivity index (χ2n) is 6.51. The monoisotopic (exact) mass is 273 g/mol. The number of ether oxygens (including phenoxy) is 1. The number of nitrogens with zero attached hydrogens (tertiary/aromatic N) is 1. The molecule has 0 bridgehead atoms. The molecule has 3 N–H and O–H groups in total. The highest BCUT2D eigenvalue weighted by molar-refractivity contribution is 5.81. The Balaban J connectivity index is 5.03. The summed E-state index contributed by atoms with van der Waals surface area (Å²) in [4.78, 5) is 25.0. The Morgan fingerprint density at radius 3 is 1.95 bits per heavy atom. The van der Waals surface area contributed by atoms with Crippen LogP contribution in [-0.2, 0) is 9.53 Å². The molecule has 0 aliphatic heterocycles. The molecule has 0 saturated carbocycles. The number of hydrogen-bond donors (Lipinski definition) is 2. The molecule has 1 unspecified atom stereocenters. The van der Waals surface area contributed by atoms with Crippen LogP contribution in [-0.4, -0.2) is 47.7 Å². The lowest BCUT2D eigenvalue weighted by Gasteiger charge is -2.38. The van der Waals surface area contributed by atoms with Crippen LogP contribution in [0.3, 0.4) is 0 Å². The van der Waals surface area contributed by atoms with Crippen LogP contribution in [0.25, 0.3) is 0 Å². The summed E-state index contributed by atoms with van der Waals surface area (Å²) in [6, 6.07) is -0.605. The van der Waals surface area contributed by atoms with Gasteiger partial charge in [-0.3, -0.25) is 4.79 Å².